The van der Waals surface area contributed by atoms with Crippen molar-refractivity contribution in [3.05, 3.63) is 271 Å². The monoisotopic (exact) mass is 790 g/mol. The van der Waals surface area contributed by atoms with Gasteiger partial charge in [0.2, 0.25) is 0 Å². The summed E-state index contributed by atoms with van der Waals surface area (Å²) < 4.78 is 0. The molecule has 0 saturated heterocycles. The van der Waals surface area contributed by atoms with Gasteiger partial charge >= 0.3 is 0 Å². The zero-order valence-electron chi connectivity index (χ0n) is 34.5. The topological polar surface area (TPSA) is 68.3 Å². The molecule has 0 bridgehead atoms. The highest BCUT2D eigenvalue weighted by molar-refractivity contribution is 6.15. The van der Waals surface area contributed by atoms with Crippen LogP contribution >= 0.6 is 0 Å². The molecule has 8 aromatic rings. The van der Waals surface area contributed by atoms with Gasteiger partial charge in [-0.2, -0.15) is 0 Å². The molecule has 0 unspecified atom stereocenters. The number of carbonyl (C=O) groups excluding carboxylic acids is 4. The van der Waals surface area contributed by atoms with Crippen molar-refractivity contribution < 1.29 is 19.2 Å². The number of carbonyl (C=O) groups is 4. The number of hydrogen-bond acceptors (Lipinski definition) is 4. The van der Waals surface area contributed by atoms with Gasteiger partial charge in [-0.05, 0) is 97.5 Å². The van der Waals surface area contributed by atoms with Gasteiger partial charge in [-0.3, -0.25) is 19.2 Å². The predicted molar refractivity (Wildman–Crippen MR) is 242 cm³/mol. The summed E-state index contributed by atoms with van der Waals surface area (Å²) in [6.45, 7) is 7.89. The summed E-state index contributed by atoms with van der Waals surface area (Å²) in [5, 5.41) is 0. The molecule has 0 radical (unpaired) electrons. The van der Waals surface area contributed by atoms with E-state index < -0.39 is 5.41 Å². The van der Waals surface area contributed by atoms with Crippen molar-refractivity contribution in [1.29, 1.82) is 0 Å². The molecule has 9 rings (SSSR count). The molecule has 294 valence electrons. The lowest BCUT2D eigenvalue weighted by molar-refractivity contribution is 0.102. The molecule has 0 aliphatic heterocycles. The highest BCUT2D eigenvalue weighted by atomic mass is 16.1. The first-order chi connectivity index (χ1) is 29.5. The predicted octanol–water partition coefficient (Wildman–Crippen LogP) is 12.2. The van der Waals surface area contributed by atoms with E-state index in [0.717, 1.165) is 44.5 Å². The number of rotatable bonds is 10. The van der Waals surface area contributed by atoms with Crippen molar-refractivity contribution in [2.75, 3.05) is 0 Å². The Morgan fingerprint density at radius 3 is 0.803 bits per heavy atom. The van der Waals surface area contributed by atoms with Crippen LogP contribution in [0.5, 0.6) is 0 Å². The van der Waals surface area contributed by atoms with Crippen molar-refractivity contribution in [2.24, 2.45) is 0 Å². The average Bonchev–Trinajstić information content (AvgIpc) is 3.60. The molecule has 0 heterocycles. The van der Waals surface area contributed by atoms with Crippen molar-refractivity contribution in [3.8, 4) is 11.1 Å². The zero-order chi connectivity index (χ0) is 42.4. The average molecular weight is 791 g/mol. The Kier molecular flexibility index (Phi) is 9.93. The normalized spacial score (nSPS) is 12.3. The van der Waals surface area contributed by atoms with E-state index in [4.69, 9.17) is 0 Å². The van der Waals surface area contributed by atoms with E-state index in [1.54, 1.807) is 12.1 Å². The van der Waals surface area contributed by atoms with Gasteiger partial charge in [0.25, 0.3) is 0 Å². The van der Waals surface area contributed by atoms with Crippen LogP contribution in [0, 0.1) is 27.7 Å². The van der Waals surface area contributed by atoms with E-state index in [9.17, 15) is 19.2 Å². The second-order valence-corrected chi connectivity index (χ2v) is 16.2. The first kappa shape index (κ1) is 38.9. The Bertz CT molecular complexity index is 2680. The third kappa shape index (κ3) is 6.96. The van der Waals surface area contributed by atoms with Crippen LogP contribution < -0.4 is 0 Å². The van der Waals surface area contributed by atoms with Gasteiger partial charge in [0.15, 0.2) is 23.1 Å². The van der Waals surface area contributed by atoms with Gasteiger partial charge in [0.05, 0.1) is 5.41 Å². The summed E-state index contributed by atoms with van der Waals surface area (Å²) in [7, 11) is 0. The Morgan fingerprint density at radius 2 is 0.541 bits per heavy atom. The fraction of sp³-hybridized carbons (Fsp3) is 0.0877. The van der Waals surface area contributed by atoms with E-state index in [1.807, 2.05) is 173 Å². The second-order valence-electron chi connectivity index (χ2n) is 16.2. The lowest BCUT2D eigenvalue weighted by Crippen LogP contribution is -2.30. The van der Waals surface area contributed by atoms with Crippen LogP contribution in [0.15, 0.2) is 182 Å². The summed E-state index contributed by atoms with van der Waals surface area (Å²) in [6.07, 6.45) is 0. The fourth-order valence-electron chi connectivity index (χ4n) is 8.72. The zero-order valence-corrected chi connectivity index (χ0v) is 34.5. The molecule has 8 aromatic carbocycles. The summed E-state index contributed by atoms with van der Waals surface area (Å²) in [5.41, 5.74) is 11.3. The standard InChI is InChI=1S/C57H42O4/c1-35-13-21-39(22-14-35)53(58)43-29-44(54(59)40-23-15-36(2)16-24-40)32-47(31-43)57(51-11-7-5-9-49(51)50-10-6-8-12-52(50)57)48-33-45(55(60)41-25-17-37(3)18-26-41)30-46(34-48)56(61)42-27-19-38(4)20-28-42/h5-34H,1-4H3. The van der Waals surface area contributed by atoms with Gasteiger partial charge < -0.3 is 0 Å². The minimum absolute atomic E-state index is 0.229. The number of fused-ring (bicyclic) bond motifs is 3. The maximum absolute atomic E-state index is 14.7. The van der Waals surface area contributed by atoms with Gasteiger partial charge in [-0.25, -0.2) is 0 Å². The molecule has 0 N–H and O–H groups in total. The van der Waals surface area contributed by atoms with Gasteiger partial charge in [-0.1, -0.05) is 168 Å². The van der Waals surface area contributed by atoms with Crippen LogP contribution in [0.3, 0.4) is 0 Å². The van der Waals surface area contributed by atoms with Gasteiger partial charge in [0.1, 0.15) is 0 Å². The lowest BCUT2D eigenvalue weighted by Gasteiger charge is -2.35. The van der Waals surface area contributed by atoms with Crippen LogP contribution in [-0.4, -0.2) is 23.1 Å². The molecule has 1 aliphatic carbocycles. The Balaban J connectivity index is 1.38. The minimum atomic E-state index is -1.19. The molecule has 0 saturated carbocycles. The third-order valence-corrected chi connectivity index (χ3v) is 12.0. The molecule has 4 nitrogen and oxygen atoms in total. The summed E-state index contributed by atoms with van der Waals surface area (Å²) in [4.78, 5) is 58.6. The molecule has 61 heavy (non-hydrogen) atoms. The smallest absolute Gasteiger partial charge is 0.193 e. The number of ketones is 4. The largest absolute Gasteiger partial charge is 0.289 e. The molecule has 0 aromatic heterocycles. The second kappa shape index (κ2) is 15.6. The van der Waals surface area contributed by atoms with E-state index in [-0.39, 0.29) is 23.1 Å². The molecule has 0 fully saturated rings. The van der Waals surface area contributed by atoms with Crippen LogP contribution in [0.1, 0.15) is 108 Å². The Hall–Kier alpha value is -7.56. The van der Waals surface area contributed by atoms with Crippen LogP contribution in [-0.2, 0) is 5.41 Å². The fourth-order valence-corrected chi connectivity index (χ4v) is 8.72. The molecule has 1 aliphatic rings. The maximum Gasteiger partial charge on any atom is 0.193 e. The van der Waals surface area contributed by atoms with E-state index in [2.05, 4.69) is 24.3 Å². The highest BCUT2D eigenvalue weighted by Crippen LogP contribution is 2.56. The lowest BCUT2D eigenvalue weighted by atomic mass is 9.66. The molecular formula is C57H42O4. The molecule has 0 spiro atoms. The van der Waals surface area contributed by atoms with Crippen molar-refractivity contribution >= 4 is 23.1 Å². The van der Waals surface area contributed by atoms with Crippen LogP contribution in [0.4, 0.5) is 0 Å². The Morgan fingerprint density at radius 1 is 0.295 bits per heavy atom. The van der Waals surface area contributed by atoms with Crippen LogP contribution in [0.25, 0.3) is 11.1 Å². The van der Waals surface area contributed by atoms with E-state index in [1.165, 1.54) is 0 Å². The minimum Gasteiger partial charge on any atom is -0.289 e. The first-order valence-corrected chi connectivity index (χ1v) is 20.5. The van der Waals surface area contributed by atoms with Crippen LogP contribution in [0.2, 0.25) is 0 Å². The molecule has 0 amide bonds. The quantitative estimate of drug-likeness (QED) is 0.129. The van der Waals surface area contributed by atoms with Crippen molar-refractivity contribution in [2.45, 2.75) is 33.1 Å². The van der Waals surface area contributed by atoms with Crippen molar-refractivity contribution in [1.82, 2.24) is 0 Å². The Labute approximate surface area is 356 Å². The number of hydrogen-bond donors (Lipinski definition) is 0. The van der Waals surface area contributed by atoms with Gasteiger partial charge in [0, 0.05) is 44.5 Å². The highest BCUT2D eigenvalue weighted by Gasteiger charge is 2.47. The summed E-state index contributed by atoms with van der Waals surface area (Å²) in [5.74, 6) is -0.915. The number of aryl methyl sites for hydroxylation is 4. The molecule has 4 heteroatoms. The maximum atomic E-state index is 14.7. The van der Waals surface area contributed by atoms with E-state index >= 15 is 0 Å². The molecular weight excluding hydrogens is 749 g/mol. The SMILES string of the molecule is Cc1ccc(C(=O)c2cc(C(=O)c3ccc(C)cc3)cc(C3(c4cc(C(=O)c5ccc(C)cc5)cc(C(=O)c5ccc(C)cc5)c4)c4ccccc4-c4ccccc43)c2)cc1. The molecule has 0 atom stereocenters. The van der Waals surface area contributed by atoms with Crippen molar-refractivity contribution in [3.63, 3.8) is 0 Å². The third-order valence-electron chi connectivity index (χ3n) is 12.0. The van der Waals surface area contributed by atoms with E-state index in [0.29, 0.717) is 55.6 Å². The number of benzene rings is 8. The summed E-state index contributed by atoms with van der Waals surface area (Å²) in [6, 6.07) is 57.0. The summed E-state index contributed by atoms with van der Waals surface area (Å²) >= 11 is 0. The first-order valence-electron chi connectivity index (χ1n) is 20.5. The van der Waals surface area contributed by atoms with Gasteiger partial charge in [-0.15, -0.1) is 0 Å².